The molecule has 0 aromatic heterocycles. The highest BCUT2D eigenvalue weighted by molar-refractivity contribution is 8.00. The number of carbonyl (C=O) groups is 3. The summed E-state index contributed by atoms with van der Waals surface area (Å²) in [5.41, 5.74) is 3.30. The zero-order valence-corrected chi connectivity index (χ0v) is 22.3. The molecule has 1 aromatic rings. The number of unbranched alkanes of at least 4 members (excludes halogenated alkanes) is 1. The largest absolute Gasteiger partial charge is 0.342 e. The number of benzene rings is 1. The fraction of sp³-hybridized carbons (Fsp3) is 0.667. The highest BCUT2D eigenvalue weighted by atomic mass is 32.2. The Bertz CT molecular complexity index is 1010. The van der Waals surface area contributed by atoms with Crippen LogP contribution in [0.3, 0.4) is 0 Å². The van der Waals surface area contributed by atoms with Crippen molar-refractivity contribution in [3.8, 4) is 0 Å². The first-order valence-corrected chi connectivity index (χ1v) is 14.5. The quantitative estimate of drug-likeness (QED) is 0.398. The Morgan fingerprint density at radius 3 is 2.58 bits per heavy atom. The van der Waals surface area contributed by atoms with Gasteiger partial charge in [-0.3, -0.25) is 4.79 Å². The number of anilines is 1. The molecule has 4 aliphatic rings. The van der Waals surface area contributed by atoms with E-state index >= 15 is 0 Å². The van der Waals surface area contributed by atoms with Crippen LogP contribution in [0, 0.1) is 19.3 Å². The zero-order valence-electron chi connectivity index (χ0n) is 21.5. The van der Waals surface area contributed by atoms with Gasteiger partial charge in [-0.1, -0.05) is 24.1 Å². The summed E-state index contributed by atoms with van der Waals surface area (Å²) in [4.78, 5) is 41.3. The van der Waals surface area contributed by atoms with Gasteiger partial charge in [-0.2, -0.15) is 11.8 Å². The summed E-state index contributed by atoms with van der Waals surface area (Å²) in [6.45, 7) is 7.23. The fourth-order valence-corrected chi connectivity index (χ4v) is 7.85. The first-order valence-electron chi connectivity index (χ1n) is 13.4. The normalized spacial score (nSPS) is 26.6. The second-order valence-corrected chi connectivity index (χ2v) is 12.4. The summed E-state index contributed by atoms with van der Waals surface area (Å²) in [6, 6.07) is 6.52. The van der Waals surface area contributed by atoms with E-state index in [1.54, 1.807) is 0 Å². The molecule has 4 fully saturated rings. The number of aryl methyl sites for hydroxylation is 2. The first-order chi connectivity index (χ1) is 17.3. The van der Waals surface area contributed by atoms with Crippen molar-refractivity contribution in [1.82, 2.24) is 20.4 Å². The van der Waals surface area contributed by atoms with E-state index in [1.807, 2.05) is 35.7 Å². The summed E-state index contributed by atoms with van der Waals surface area (Å²) >= 11 is 1.93. The van der Waals surface area contributed by atoms with E-state index in [4.69, 9.17) is 0 Å². The summed E-state index contributed by atoms with van der Waals surface area (Å²) in [6.07, 6.45) is 6.54. The van der Waals surface area contributed by atoms with Crippen LogP contribution in [0.25, 0.3) is 0 Å². The van der Waals surface area contributed by atoms with E-state index in [2.05, 4.69) is 33.8 Å². The van der Waals surface area contributed by atoms with Crippen LogP contribution in [0.5, 0.6) is 0 Å². The maximum absolute atomic E-state index is 12.9. The Morgan fingerprint density at radius 1 is 1.08 bits per heavy atom. The summed E-state index contributed by atoms with van der Waals surface area (Å²) in [5, 5.41) is 9.56. The lowest BCUT2D eigenvalue weighted by Crippen LogP contribution is -2.46. The van der Waals surface area contributed by atoms with Gasteiger partial charge in [0.2, 0.25) is 5.91 Å². The smallest absolute Gasteiger partial charge is 0.321 e. The van der Waals surface area contributed by atoms with Gasteiger partial charge in [-0.25, -0.2) is 9.59 Å². The third-order valence-corrected chi connectivity index (χ3v) is 10.1. The molecule has 3 N–H and O–H groups in total. The number of thioether (sulfide) groups is 1. The van der Waals surface area contributed by atoms with Gasteiger partial charge in [-0.05, 0) is 63.0 Å². The molecule has 1 aromatic carbocycles. The maximum atomic E-state index is 12.9. The fourth-order valence-electron chi connectivity index (χ4n) is 6.31. The number of urea groups is 2. The Morgan fingerprint density at radius 2 is 1.83 bits per heavy atom. The average Bonchev–Trinajstić information content (AvgIpc) is 3.54. The number of nitrogens with one attached hydrogen (secondary N) is 3. The lowest BCUT2D eigenvalue weighted by atomic mass is 9.78. The predicted octanol–water partition coefficient (Wildman–Crippen LogP) is 3.88. The highest BCUT2D eigenvalue weighted by Crippen LogP contribution is 2.41. The van der Waals surface area contributed by atoms with Crippen molar-refractivity contribution in [2.45, 2.75) is 76.1 Å². The van der Waals surface area contributed by atoms with Gasteiger partial charge >= 0.3 is 12.1 Å². The van der Waals surface area contributed by atoms with Crippen molar-refractivity contribution >= 4 is 35.4 Å². The summed E-state index contributed by atoms with van der Waals surface area (Å²) in [5.74, 6) is 1.25. The zero-order chi connectivity index (χ0) is 25.3. The summed E-state index contributed by atoms with van der Waals surface area (Å²) < 4.78 is 0. The number of hydrogen-bond donors (Lipinski definition) is 3. The van der Waals surface area contributed by atoms with Gasteiger partial charge < -0.3 is 25.8 Å². The van der Waals surface area contributed by atoms with Gasteiger partial charge in [0.1, 0.15) is 0 Å². The molecule has 4 saturated heterocycles. The predicted molar refractivity (Wildman–Crippen MR) is 143 cm³/mol. The maximum Gasteiger partial charge on any atom is 0.321 e. The molecule has 1 spiro atoms. The standard InChI is InChI=1S/C27H39N5O3S/c1-18-7-8-20(19(2)15-18)29-26(35)31-12-9-27(10-13-31)11-14-32(17-27)23(33)6-4-3-5-22-24-21(16-36-22)28-25(34)30-24/h7-8,15,21-22,24H,3-6,9-14,16-17H2,1-2H3,(H,29,35)(H2,28,30,34)/t21-,22-,24-/m0/s1. The molecule has 0 aliphatic carbocycles. The SMILES string of the molecule is Cc1ccc(NC(=O)N2CCC3(CCN(C(=O)CCCC[C@@H]4SC[C@@H]5NC(=O)N[C@@H]54)C3)CC2)c(C)c1. The lowest BCUT2D eigenvalue weighted by Gasteiger charge is -2.39. The van der Waals surface area contributed by atoms with Crippen LogP contribution in [0.4, 0.5) is 15.3 Å². The molecule has 9 heteroatoms. The van der Waals surface area contributed by atoms with E-state index < -0.39 is 0 Å². The Labute approximate surface area is 218 Å². The van der Waals surface area contributed by atoms with Crippen LogP contribution in [-0.2, 0) is 4.79 Å². The van der Waals surface area contributed by atoms with Crippen LogP contribution >= 0.6 is 11.8 Å². The molecular formula is C27H39N5O3S. The van der Waals surface area contributed by atoms with Gasteiger partial charge in [0.05, 0.1) is 12.1 Å². The molecule has 36 heavy (non-hydrogen) atoms. The minimum absolute atomic E-state index is 0.0255. The molecule has 0 saturated carbocycles. The Balaban J connectivity index is 1.02. The van der Waals surface area contributed by atoms with Crippen LogP contribution in [0.15, 0.2) is 18.2 Å². The van der Waals surface area contributed by atoms with Crippen molar-refractivity contribution in [1.29, 1.82) is 0 Å². The van der Waals surface area contributed by atoms with Gasteiger partial charge in [0.25, 0.3) is 0 Å². The number of carbonyl (C=O) groups excluding carboxylic acids is 3. The second-order valence-electron chi connectivity index (χ2n) is 11.2. The van der Waals surface area contributed by atoms with E-state index in [1.165, 1.54) is 5.56 Å². The third kappa shape index (κ3) is 5.45. The number of nitrogens with zero attached hydrogens (tertiary/aromatic N) is 2. The van der Waals surface area contributed by atoms with Gasteiger partial charge in [-0.15, -0.1) is 0 Å². The molecule has 8 nitrogen and oxygen atoms in total. The van der Waals surface area contributed by atoms with Crippen LogP contribution in [-0.4, -0.2) is 77.0 Å². The topological polar surface area (TPSA) is 93.8 Å². The van der Waals surface area contributed by atoms with Crippen LogP contribution in [0.1, 0.15) is 56.1 Å². The van der Waals surface area contributed by atoms with Crippen molar-refractivity contribution in [2.75, 3.05) is 37.2 Å². The Kier molecular flexibility index (Phi) is 7.37. The second kappa shape index (κ2) is 10.5. The van der Waals surface area contributed by atoms with Crippen LogP contribution in [0.2, 0.25) is 0 Å². The van der Waals surface area contributed by atoms with Crippen molar-refractivity contribution in [3.05, 3.63) is 29.3 Å². The first kappa shape index (κ1) is 25.2. The third-order valence-electron chi connectivity index (χ3n) is 8.59. The molecule has 4 aliphatic heterocycles. The van der Waals surface area contributed by atoms with Crippen molar-refractivity contribution in [2.24, 2.45) is 5.41 Å². The molecule has 4 heterocycles. The number of amides is 5. The van der Waals surface area contributed by atoms with Gasteiger partial charge in [0.15, 0.2) is 0 Å². The molecule has 0 bridgehead atoms. The average molecular weight is 514 g/mol. The lowest BCUT2D eigenvalue weighted by molar-refractivity contribution is -0.130. The number of hydrogen-bond acceptors (Lipinski definition) is 4. The van der Waals surface area contributed by atoms with E-state index in [9.17, 15) is 14.4 Å². The molecular weight excluding hydrogens is 474 g/mol. The minimum Gasteiger partial charge on any atom is -0.342 e. The molecule has 3 atom stereocenters. The number of piperidine rings is 1. The Hall–Kier alpha value is -2.42. The summed E-state index contributed by atoms with van der Waals surface area (Å²) in [7, 11) is 0. The molecule has 0 unspecified atom stereocenters. The molecule has 196 valence electrons. The van der Waals surface area contributed by atoms with E-state index in [-0.39, 0.29) is 35.5 Å². The van der Waals surface area contributed by atoms with E-state index in [0.717, 1.165) is 81.7 Å². The van der Waals surface area contributed by atoms with E-state index in [0.29, 0.717) is 11.7 Å². The van der Waals surface area contributed by atoms with Crippen molar-refractivity contribution < 1.29 is 14.4 Å². The number of rotatable bonds is 6. The molecule has 5 amide bonds. The highest BCUT2D eigenvalue weighted by Gasteiger charge is 2.44. The van der Waals surface area contributed by atoms with Crippen molar-refractivity contribution in [3.63, 3.8) is 0 Å². The molecule has 0 radical (unpaired) electrons. The van der Waals surface area contributed by atoms with Crippen LogP contribution < -0.4 is 16.0 Å². The monoisotopic (exact) mass is 513 g/mol. The van der Waals surface area contributed by atoms with Gasteiger partial charge in [0, 0.05) is 49.3 Å². The minimum atomic E-state index is -0.0405. The number of likely N-dealkylation sites (tertiary alicyclic amines) is 2. The molecule has 5 rings (SSSR count). The number of fused-ring (bicyclic) bond motifs is 1.